The second-order valence-corrected chi connectivity index (χ2v) is 7.63. The fourth-order valence-corrected chi connectivity index (χ4v) is 3.56. The van der Waals surface area contributed by atoms with Gasteiger partial charge in [-0.2, -0.15) is 0 Å². The quantitative estimate of drug-likeness (QED) is 0.378. The second kappa shape index (κ2) is 8.02. The van der Waals surface area contributed by atoms with E-state index in [0.29, 0.717) is 5.69 Å². The maximum absolute atomic E-state index is 12.6. The van der Waals surface area contributed by atoms with E-state index in [4.69, 9.17) is 0 Å². The summed E-state index contributed by atoms with van der Waals surface area (Å²) in [5.74, 6) is -0.595. The fraction of sp³-hybridized carbons (Fsp3) is 0.0556. The Morgan fingerprint density at radius 3 is 2.31 bits per heavy atom. The van der Waals surface area contributed by atoms with Crippen molar-refractivity contribution in [1.82, 2.24) is 15.4 Å². The molecule has 1 amide bonds. The Hall–Kier alpha value is -3.86. The summed E-state index contributed by atoms with van der Waals surface area (Å²) in [6.07, 6.45) is 0.784. The molecule has 0 aliphatic carbocycles. The summed E-state index contributed by atoms with van der Waals surface area (Å²) in [7, 11) is -4.35. The van der Waals surface area contributed by atoms with Crippen LogP contribution in [-0.4, -0.2) is 24.3 Å². The smallest absolute Gasteiger partial charge is 0.313 e. The number of nitrogens with one attached hydrogen (secondary N) is 5. The summed E-state index contributed by atoms with van der Waals surface area (Å²) in [6.45, 7) is 1.86. The molecule has 150 valence electrons. The highest BCUT2D eigenvalue weighted by Gasteiger charge is 2.22. The number of rotatable bonds is 6. The van der Waals surface area contributed by atoms with Crippen LogP contribution in [0.4, 0.5) is 11.4 Å². The predicted molar refractivity (Wildman–Crippen MR) is 107 cm³/mol. The molecule has 10 nitrogen and oxygen atoms in total. The average Bonchev–Trinajstić information content (AvgIpc) is 2.67. The summed E-state index contributed by atoms with van der Waals surface area (Å²) in [5, 5.41) is 0. The molecular formula is C18H17N5O5S. The van der Waals surface area contributed by atoms with Gasteiger partial charge in [-0.05, 0) is 30.7 Å². The molecule has 0 unspecified atom stereocenters. The number of hydrogen-bond donors (Lipinski definition) is 5. The van der Waals surface area contributed by atoms with Gasteiger partial charge >= 0.3 is 5.69 Å². The average molecular weight is 415 g/mol. The lowest BCUT2D eigenvalue weighted by Gasteiger charge is -2.14. The van der Waals surface area contributed by atoms with Gasteiger partial charge in [0.25, 0.3) is 21.5 Å². The van der Waals surface area contributed by atoms with Crippen LogP contribution in [0, 0.1) is 6.92 Å². The number of hydrogen-bond acceptors (Lipinski definition) is 6. The Balaban J connectivity index is 1.85. The zero-order valence-electron chi connectivity index (χ0n) is 15.1. The molecule has 2 aromatic carbocycles. The Morgan fingerprint density at radius 1 is 0.966 bits per heavy atom. The van der Waals surface area contributed by atoms with Crippen molar-refractivity contribution in [1.29, 1.82) is 0 Å². The first kappa shape index (κ1) is 19.9. The highest BCUT2D eigenvalue weighted by molar-refractivity contribution is 7.92. The lowest BCUT2D eigenvalue weighted by molar-refractivity contribution is 0.0963. The molecule has 0 aliphatic rings. The predicted octanol–water partition coefficient (Wildman–Crippen LogP) is 0.929. The topological polar surface area (TPSA) is 153 Å². The SMILES string of the molecule is Cc1ccccc1NNC(=O)c1ccccc1NS(=O)(=O)c1c[nH]c(=O)[nH]c1=O. The number of aromatic amines is 2. The third kappa shape index (κ3) is 4.52. The first-order valence-electron chi connectivity index (χ1n) is 8.34. The standard InChI is InChI=1S/C18H17N5O5S/c1-11-6-2-4-8-13(11)21-22-16(24)12-7-3-5-9-14(12)23-29(27,28)15-10-19-18(26)20-17(15)25/h2-10,21,23H,1H3,(H,22,24)(H2,19,20,25,26). The molecule has 0 saturated heterocycles. The summed E-state index contributed by atoms with van der Waals surface area (Å²) in [5.41, 5.74) is 4.93. The molecular weight excluding hydrogens is 398 g/mol. The van der Waals surface area contributed by atoms with Gasteiger partial charge in [0.2, 0.25) is 0 Å². The van der Waals surface area contributed by atoms with Crippen molar-refractivity contribution < 1.29 is 13.2 Å². The largest absolute Gasteiger partial charge is 0.325 e. The van der Waals surface area contributed by atoms with Crippen LogP contribution < -0.4 is 26.8 Å². The number of carbonyl (C=O) groups excluding carboxylic acids is 1. The maximum atomic E-state index is 12.6. The molecule has 29 heavy (non-hydrogen) atoms. The van der Waals surface area contributed by atoms with Crippen LogP contribution in [0.3, 0.4) is 0 Å². The number of amides is 1. The number of para-hydroxylation sites is 2. The van der Waals surface area contributed by atoms with Crippen LogP contribution in [0.2, 0.25) is 0 Å². The molecule has 3 aromatic rings. The van der Waals surface area contributed by atoms with Gasteiger partial charge in [0, 0.05) is 6.20 Å². The summed E-state index contributed by atoms with van der Waals surface area (Å²) < 4.78 is 27.3. The van der Waals surface area contributed by atoms with E-state index in [2.05, 4.69) is 20.6 Å². The van der Waals surface area contributed by atoms with E-state index in [1.165, 1.54) is 18.2 Å². The van der Waals surface area contributed by atoms with Gasteiger partial charge in [0.1, 0.15) is 0 Å². The van der Waals surface area contributed by atoms with Gasteiger partial charge in [-0.1, -0.05) is 30.3 Å². The van der Waals surface area contributed by atoms with Gasteiger partial charge in [-0.3, -0.25) is 30.1 Å². The molecule has 1 heterocycles. The lowest BCUT2D eigenvalue weighted by atomic mass is 10.2. The van der Waals surface area contributed by atoms with Crippen molar-refractivity contribution >= 4 is 27.3 Å². The minimum atomic E-state index is -4.35. The van der Waals surface area contributed by atoms with E-state index in [9.17, 15) is 22.8 Å². The minimum Gasteiger partial charge on any atom is -0.313 e. The van der Waals surface area contributed by atoms with Gasteiger partial charge < -0.3 is 4.98 Å². The van der Waals surface area contributed by atoms with Crippen LogP contribution >= 0.6 is 0 Å². The van der Waals surface area contributed by atoms with Crippen molar-refractivity contribution in [2.45, 2.75) is 11.8 Å². The third-order valence-electron chi connectivity index (χ3n) is 3.95. The van der Waals surface area contributed by atoms with Crippen molar-refractivity contribution in [3.05, 3.63) is 86.7 Å². The molecule has 3 rings (SSSR count). The Kier molecular flexibility index (Phi) is 5.50. The molecule has 1 aromatic heterocycles. The summed E-state index contributed by atoms with van der Waals surface area (Å²) >= 11 is 0. The second-order valence-electron chi connectivity index (χ2n) is 5.98. The molecule has 0 spiro atoms. The molecule has 5 N–H and O–H groups in total. The van der Waals surface area contributed by atoms with Gasteiger partial charge in [0.05, 0.1) is 16.9 Å². The number of anilines is 2. The highest BCUT2D eigenvalue weighted by Crippen LogP contribution is 2.19. The third-order valence-corrected chi connectivity index (χ3v) is 5.32. The fourth-order valence-electron chi connectivity index (χ4n) is 2.47. The molecule has 11 heteroatoms. The van der Waals surface area contributed by atoms with Crippen molar-refractivity contribution in [2.24, 2.45) is 0 Å². The number of aromatic nitrogens is 2. The van der Waals surface area contributed by atoms with E-state index in [1.54, 1.807) is 18.2 Å². The van der Waals surface area contributed by atoms with Crippen molar-refractivity contribution in [3.63, 3.8) is 0 Å². The van der Waals surface area contributed by atoms with Crippen LogP contribution in [0.25, 0.3) is 0 Å². The van der Waals surface area contributed by atoms with Crippen LogP contribution in [0.1, 0.15) is 15.9 Å². The first-order chi connectivity index (χ1) is 13.8. The van der Waals surface area contributed by atoms with E-state index in [1.807, 2.05) is 24.0 Å². The number of H-pyrrole nitrogens is 2. The Labute approximate surface area is 165 Å². The first-order valence-corrected chi connectivity index (χ1v) is 9.82. The Bertz CT molecular complexity index is 1280. The zero-order chi connectivity index (χ0) is 21.0. The lowest BCUT2D eigenvalue weighted by Crippen LogP contribution is -2.32. The molecule has 0 bridgehead atoms. The van der Waals surface area contributed by atoms with E-state index in [0.717, 1.165) is 11.8 Å². The van der Waals surface area contributed by atoms with Crippen LogP contribution in [0.15, 0.2) is 69.2 Å². The monoisotopic (exact) mass is 415 g/mol. The summed E-state index contributed by atoms with van der Waals surface area (Å²) in [6, 6.07) is 13.2. The normalized spacial score (nSPS) is 10.9. The molecule has 0 atom stereocenters. The molecule has 0 aliphatic heterocycles. The molecule has 0 saturated carbocycles. The van der Waals surface area contributed by atoms with E-state index in [-0.39, 0.29) is 11.3 Å². The number of hydrazine groups is 1. The minimum absolute atomic E-state index is 0.0259. The van der Waals surface area contributed by atoms with Crippen molar-refractivity contribution in [2.75, 3.05) is 10.1 Å². The molecule has 0 radical (unpaired) electrons. The number of carbonyl (C=O) groups is 1. The van der Waals surface area contributed by atoms with E-state index < -0.39 is 32.1 Å². The maximum Gasteiger partial charge on any atom is 0.325 e. The molecule has 0 fully saturated rings. The van der Waals surface area contributed by atoms with Crippen molar-refractivity contribution in [3.8, 4) is 0 Å². The van der Waals surface area contributed by atoms with Crippen LogP contribution in [-0.2, 0) is 10.0 Å². The summed E-state index contributed by atoms with van der Waals surface area (Å²) in [4.78, 5) is 38.7. The number of benzene rings is 2. The van der Waals surface area contributed by atoms with Gasteiger partial charge in [-0.25, -0.2) is 13.2 Å². The van der Waals surface area contributed by atoms with Gasteiger partial charge in [-0.15, -0.1) is 0 Å². The van der Waals surface area contributed by atoms with Gasteiger partial charge in [0.15, 0.2) is 4.90 Å². The zero-order valence-corrected chi connectivity index (χ0v) is 16.0. The number of aryl methyl sites for hydroxylation is 1. The Morgan fingerprint density at radius 2 is 1.62 bits per heavy atom. The highest BCUT2D eigenvalue weighted by atomic mass is 32.2. The van der Waals surface area contributed by atoms with Crippen LogP contribution in [0.5, 0.6) is 0 Å². The number of sulfonamides is 1. The van der Waals surface area contributed by atoms with E-state index >= 15 is 0 Å².